The lowest BCUT2D eigenvalue weighted by Gasteiger charge is -2.00. The van der Waals surface area contributed by atoms with Gasteiger partial charge in [0.05, 0.1) is 5.69 Å². The van der Waals surface area contributed by atoms with Crippen molar-refractivity contribution < 1.29 is 4.52 Å². The molecule has 2 heterocycles. The largest absolute Gasteiger partial charge is 0.337 e. The third-order valence-corrected chi connectivity index (χ3v) is 4.41. The molecule has 22 heavy (non-hydrogen) atoms. The molecular formula is C16H16N4OS. The number of hydrogen-bond acceptors (Lipinski definition) is 5. The van der Waals surface area contributed by atoms with Crippen molar-refractivity contribution in [1.82, 2.24) is 19.7 Å². The zero-order valence-electron chi connectivity index (χ0n) is 12.3. The van der Waals surface area contributed by atoms with Gasteiger partial charge in [0, 0.05) is 17.7 Å². The fraction of sp³-hybridized carbons (Fsp3) is 0.312. The van der Waals surface area contributed by atoms with Gasteiger partial charge in [0.1, 0.15) is 6.54 Å². The number of nitrogens with zero attached hydrogens (tertiary/aromatic N) is 4. The van der Waals surface area contributed by atoms with Gasteiger partial charge in [-0.25, -0.2) is 4.98 Å². The van der Waals surface area contributed by atoms with E-state index < -0.39 is 0 Å². The van der Waals surface area contributed by atoms with E-state index in [0.717, 1.165) is 22.2 Å². The van der Waals surface area contributed by atoms with E-state index in [2.05, 4.69) is 31.8 Å². The van der Waals surface area contributed by atoms with E-state index in [9.17, 15) is 0 Å². The highest BCUT2D eigenvalue weighted by Crippen LogP contribution is 2.38. The number of benzene rings is 1. The molecule has 0 bridgehead atoms. The molecule has 2 aromatic heterocycles. The fourth-order valence-electron chi connectivity index (χ4n) is 2.41. The van der Waals surface area contributed by atoms with Crippen molar-refractivity contribution >= 4 is 11.8 Å². The van der Waals surface area contributed by atoms with Crippen LogP contribution in [0.5, 0.6) is 0 Å². The van der Waals surface area contributed by atoms with E-state index >= 15 is 0 Å². The molecule has 1 aliphatic rings. The van der Waals surface area contributed by atoms with Gasteiger partial charge in [-0.1, -0.05) is 47.3 Å². The molecule has 3 aromatic rings. The molecule has 6 heteroatoms. The second-order valence-corrected chi connectivity index (χ2v) is 6.20. The normalized spacial score (nSPS) is 14.4. The molecule has 0 unspecified atom stereocenters. The van der Waals surface area contributed by atoms with Crippen molar-refractivity contribution in [2.24, 2.45) is 0 Å². The van der Waals surface area contributed by atoms with Crippen LogP contribution in [0.3, 0.4) is 0 Å². The summed E-state index contributed by atoms with van der Waals surface area (Å²) in [7, 11) is 0. The molecule has 0 radical (unpaired) electrons. The Bertz CT molecular complexity index is 777. The zero-order valence-corrected chi connectivity index (χ0v) is 13.1. The molecular weight excluding hydrogens is 296 g/mol. The van der Waals surface area contributed by atoms with E-state index in [0.29, 0.717) is 18.4 Å². The van der Waals surface area contributed by atoms with Crippen LogP contribution < -0.4 is 0 Å². The number of imidazole rings is 1. The van der Waals surface area contributed by atoms with Crippen molar-refractivity contribution in [2.75, 3.05) is 6.26 Å². The van der Waals surface area contributed by atoms with E-state index in [4.69, 9.17) is 4.52 Å². The quantitative estimate of drug-likeness (QED) is 0.674. The predicted molar refractivity (Wildman–Crippen MR) is 84.8 cm³/mol. The molecule has 0 aliphatic heterocycles. The van der Waals surface area contributed by atoms with Crippen molar-refractivity contribution in [2.45, 2.75) is 30.5 Å². The maximum atomic E-state index is 5.37. The molecule has 1 fully saturated rings. The summed E-state index contributed by atoms with van der Waals surface area (Å²) in [5.74, 6) is 2.01. The minimum Gasteiger partial charge on any atom is -0.337 e. The summed E-state index contributed by atoms with van der Waals surface area (Å²) < 4.78 is 7.43. The Kier molecular flexibility index (Phi) is 3.46. The molecule has 4 rings (SSSR count). The first-order valence-corrected chi connectivity index (χ1v) is 8.55. The van der Waals surface area contributed by atoms with Crippen LogP contribution in [0.2, 0.25) is 0 Å². The van der Waals surface area contributed by atoms with Crippen LogP contribution in [0.25, 0.3) is 11.3 Å². The summed E-state index contributed by atoms with van der Waals surface area (Å²) in [6, 6.07) is 10.2. The van der Waals surface area contributed by atoms with Crippen LogP contribution in [0, 0.1) is 0 Å². The smallest absolute Gasteiger partial charge is 0.246 e. The molecule has 5 nitrogen and oxygen atoms in total. The van der Waals surface area contributed by atoms with Gasteiger partial charge >= 0.3 is 0 Å². The molecule has 0 atom stereocenters. The zero-order chi connectivity index (χ0) is 14.9. The topological polar surface area (TPSA) is 56.7 Å². The van der Waals surface area contributed by atoms with Crippen LogP contribution in [0.1, 0.15) is 30.5 Å². The summed E-state index contributed by atoms with van der Waals surface area (Å²) in [6.07, 6.45) is 6.43. The average Bonchev–Trinajstić information content (AvgIpc) is 3.17. The van der Waals surface area contributed by atoms with Crippen molar-refractivity contribution in [1.29, 1.82) is 0 Å². The molecule has 1 saturated carbocycles. The Balaban J connectivity index is 1.61. The van der Waals surface area contributed by atoms with Gasteiger partial charge in [-0.15, -0.1) is 0 Å². The van der Waals surface area contributed by atoms with E-state index in [1.165, 1.54) is 12.8 Å². The summed E-state index contributed by atoms with van der Waals surface area (Å²) in [5.41, 5.74) is 2.08. The van der Waals surface area contributed by atoms with Gasteiger partial charge in [0.25, 0.3) is 0 Å². The lowest BCUT2D eigenvalue weighted by atomic mass is 10.2. The van der Waals surface area contributed by atoms with E-state index in [1.807, 2.05) is 30.7 Å². The van der Waals surface area contributed by atoms with Crippen LogP contribution in [0.4, 0.5) is 0 Å². The monoisotopic (exact) mass is 312 g/mol. The maximum Gasteiger partial charge on any atom is 0.246 e. The van der Waals surface area contributed by atoms with Gasteiger partial charge in [-0.05, 0) is 19.1 Å². The molecule has 1 aliphatic carbocycles. The fourth-order valence-corrected chi connectivity index (χ4v) is 2.95. The molecule has 0 N–H and O–H groups in total. The molecule has 0 spiro atoms. The van der Waals surface area contributed by atoms with Crippen molar-refractivity contribution in [3.05, 3.63) is 48.2 Å². The Morgan fingerprint density at radius 1 is 1.23 bits per heavy atom. The highest BCUT2D eigenvalue weighted by atomic mass is 32.2. The van der Waals surface area contributed by atoms with Crippen LogP contribution >= 0.6 is 11.8 Å². The number of rotatable bonds is 5. The average molecular weight is 312 g/mol. The Morgan fingerprint density at radius 2 is 2.05 bits per heavy atom. The Morgan fingerprint density at radius 3 is 2.77 bits per heavy atom. The number of hydrogen-bond donors (Lipinski definition) is 0. The summed E-state index contributed by atoms with van der Waals surface area (Å²) >= 11 is 1.62. The number of aromatic nitrogens is 4. The number of thioether (sulfide) groups is 1. The molecule has 1 aromatic carbocycles. The first-order valence-electron chi connectivity index (χ1n) is 7.32. The molecule has 112 valence electrons. The first-order chi connectivity index (χ1) is 10.8. The van der Waals surface area contributed by atoms with Gasteiger partial charge in [-0.3, -0.25) is 0 Å². The highest BCUT2D eigenvalue weighted by molar-refractivity contribution is 7.98. The second kappa shape index (κ2) is 5.61. The van der Waals surface area contributed by atoms with Crippen molar-refractivity contribution in [3.63, 3.8) is 0 Å². The first kappa shape index (κ1) is 13.6. The van der Waals surface area contributed by atoms with Crippen LogP contribution in [-0.2, 0) is 6.54 Å². The maximum absolute atomic E-state index is 5.37. The van der Waals surface area contributed by atoms with Gasteiger partial charge < -0.3 is 9.09 Å². The Labute approximate surface area is 132 Å². The minimum absolute atomic E-state index is 0.514. The Hall–Kier alpha value is -2.08. The predicted octanol–water partition coefficient (Wildman–Crippen LogP) is 3.58. The molecule has 0 saturated heterocycles. The highest BCUT2D eigenvalue weighted by Gasteiger charge is 2.28. The van der Waals surface area contributed by atoms with Crippen molar-refractivity contribution in [3.8, 4) is 11.3 Å². The third kappa shape index (κ3) is 2.66. The standard InChI is InChI=1S/C16H16N4OS/c1-22-16-17-13(11-5-3-2-4-6-11)9-20(16)10-14-18-15(19-21-14)12-7-8-12/h2-6,9,12H,7-8,10H2,1H3. The second-order valence-electron chi connectivity index (χ2n) is 5.43. The van der Waals surface area contributed by atoms with E-state index in [-0.39, 0.29) is 0 Å². The van der Waals surface area contributed by atoms with Gasteiger partial charge in [-0.2, -0.15) is 4.98 Å². The summed E-state index contributed by atoms with van der Waals surface area (Å²) in [5, 5.41) is 5.02. The lowest BCUT2D eigenvalue weighted by Crippen LogP contribution is -2.00. The van der Waals surface area contributed by atoms with Crippen LogP contribution in [-0.4, -0.2) is 25.9 Å². The SMILES string of the molecule is CSc1nc(-c2ccccc2)cn1Cc1nc(C2CC2)no1. The minimum atomic E-state index is 0.514. The summed E-state index contributed by atoms with van der Waals surface area (Å²) in [6.45, 7) is 0.565. The summed E-state index contributed by atoms with van der Waals surface area (Å²) in [4.78, 5) is 9.17. The van der Waals surface area contributed by atoms with E-state index in [1.54, 1.807) is 11.8 Å². The molecule has 0 amide bonds. The lowest BCUT2D eigenvalue weighted by molar-refractivity contribution is 0.363. The van der Waals surface area contributed by atoms with Gasteiger partial charge in [0.15, 0.2) is 11.0 Å². The van der Waals surface area contributed by atoms with Crippen LogP contribution in [0.15, 0.2) is 46.2 Å². The van der Waals surface area contributed by atoms with Gasteiger partial charge in [0.2, 0.25) is 5.89 Å². The third-order valence-electron chi connectivity index (χ3n) is 3.72.